The molecule has 0 fully saturated rings. The number of nitrogens with zero attached hydrogens (tertiary/aromatic N) is 3. The first-order valence-electron chi connectivity index (χ1n) is 12.9. The van der Waals surface area contributed by atoms with Crippen molar-refractivity contribution in [3.8, 4) is 0 Å². The zero-order chi connectivity index (χ0) is 31.6. The molecule has 0 atom stereocenters. The van der Waals surface area contributed by atoms with Gasteiger partial charge in [-0.25, -0.2) is 26.3 Å². The second-order valence-electron chi connectivity index (χ2n) is 10.1. The average molecular weight is 630 g/mol. The molecule has 232 valence electrons. The summed E-state index contributed by atoms with van der Waals surface area (Å²) in [6, 6.07) is 9.95. The Morgan fingerprint density at radius 3 is 1.57 bits per heavy atom. The molecule has 0 unspecified atom stereocenters. The van der Waals surface area contributed by atoms with Gasteiger partial charge in [0.15, 0.2) is 9.79 Å². The van der Waals surface area contributed by atoms with Gasteiger partial charge in [-0.15, -0.1) is 0 Å². The van der Waals surface area contributed by atoms with Crippen molar-refractivity contribution in [2.24, 2.45) is 0 Å². The molecule has 0 saturated carbocycles. The van der Waals surface area contributed by atoms with Crippen molar-refractivity contribution in [3.63, 3.8) is 0 Å². The predicted octanol–water partition coefficient (Wildman–Crippen LogP) is 2.57. The number of esters is 1. The lowest BCUT2D eigenvalue weighted by atomic mass is 10.2. The van der Waals surface area contributed by atoms with Gasteiger partial charge in [0.25, 0.3) is 11.4 Å². The van der Waals surface area contributed by atoms with E-state index in [9.17, 15) is 41.9 Å². The van der Waals surface area contributed by atoms with E-state index in [0.29, 0.717) is 13.1 Å². The summed E-state index contributed by atoms with van der Waals surface area (Å²) in [6.07, 6.45) is 0.577. The Balaban J connectivity index is 1.99. The van der Waals surface area contributed by atoms with Crippen LogP contribution in [0.2, 0.25) is 0 Å². The molecule has 2 N–H and O–H groups in total. The molecular weight excluding hydrogens is 594 g/mol. The van der Waals surface area contributed by atoms with E-state index in [0.717, 1.165) is 24.3 Å². The van der Waals surface area contributed by atoms with Crippen LogP contribution in [0.15, 0.2) is 58.3 Å². The highest BCUT2D eigenvalue weighted by Gasteiger charge is 2.26. The summed E-state index contributed by atoms with van der Waals surface area (Å²) >= 11 is 0. The first kappa shape index (κ1) is 34.7. The number of nitrogens with one attached hydrogen (secondary N) is 2. The third-order valence-corrected chi connectivity index (χ3v) is 8.66. The zero-order valence-corrected chi connectivity index (χ0v) is 25.1. The van der Waals surface area contributed by atoms with Gasteiger partial charge in [0.2, 0.25) is 20.0 Å². The number of carbonyl (C=O) groups is 1. The lowest BCUT2D eigenvalue weighted by molar-refractivity contribution is -0.388. The van der Waals surface area contributed by atoms with Crippen LogP contribution >= 0.6 is 0 Å². The summed E-state index contributed by atoms with van der Waals surface area (Å²) in [5.74, 6) is -0.443. The van der Waals surface area contributed by atoms with E-state index in [4.69, 9.17) is 4.74 Å². The van der Waals surface area contributed by atoms with E-state index < -0.39 is 62.6 Å². The number of rotatable bonds is 17. The lowest BCUT2D eigenvalue weighted by Gasteiger charge is -2.24. The fourth-order valence-electron chi connectivity index (χ4n) is 3.82. The fraction of sp³-hybridized carbons (Fsp3) is 0.480. The van der Waals surface area contributed by atoms with Gasteiger partial charge in [-0.1, -0.05) is 24.3 Å². The topological polar surface area (TPSA) is 208 Å². The van der Waals surface area contributed by atoms with E-state index in [1.807, 2.05) is 4.90 Å². The van der Waals surface area contributed by atoms with Crippen molar-refractivity contribution < 1.29 is 36.2 Å². The highest BCUT2D eigenvalue weighted by Crippen LogP contribution is 2.23. The summed E-state index contributed by atoms with van der Waals surface area (Å²) in [7, 11) is -8.32. The number of nitro benzene ring substituents is 2. The molecule has 0 aliphatic rings. The molecule has 0 saturated heterocycles. The minimum absolute atomic E-state index is 0.0289. The monoisotopic (exact) mass is 629 g/mol. The van der Waals surface area contributed by atoms with E-state index in [1.165, 1.54) is 24.3 Å². The van der Waals surface area contributed by atoms with Crippen molar-refractivity contribution in [3.05, 3.63) is 68.8 Å². The molecule has 0 radical (unpaired) electrons. The van der Waals surface area contributed by atoms with Gasteiger partial charge in [-0.05, 0) is 58.8 Å². The standard InChI is InChI=1S/C25H35N5O10S2/c1-25(2,3)40-24(31)14-19-28(17-8-15-26-41(36,37)22-12-6-4-10-20(22)29(32)33)18-9-16-27-42(38,39)23-13-7-5-11-21(23)30(34)35/h4-7,10-13,26-27H,8-9,14-19H2,1-3H3. The molecule has 0 amide bonds. The molecule has 0 spiro atoms. The van der Waals surface area contributed by atoms with Crippen molar-refractivity contribution in [2.45, 2.75) is 55.4 Å². The van der Waals surface area contributed by atoms with Gasteiger partial charge >= 0.3 is 5.97 Å². The van der Waals surface area contributed by atoms with Gasteiger partial charge in [0, 0.05) is 31.8 Å². The molecule has 2 aromatic carbocycles. The highest BCUT2D eigenvalue weighted by atomic mass is 32.2. The molecule has 2 aromatic rings. The fourth-order valence-corrected chi connectivity index (χ4v) is 6.31. The van der Waals surface area contributed by atoms with Crippen molar-refractivity contribution in [2.75, 3.05) is 32.7 Å². The van der Waals surface area contributed by atoms with Gasteiger partial charge in [-0.2, -0.15) is 0 Å². The quantitative estimate of drug-likeness (QED) is 0.112. The lowest BCUT2D eigenvalue weighted by Crippen LogP contribution is -2.35. The van der Waals surface area contributed by atoms with Gasteiger partial charge in [-0.3, -0.25) is 25.0 Å². The Morgan fingerprint density at radius 2 is 1.19 bits per heavy atom. The van der Waals surface area contributed by atoms with Crippen LogP contribution in [0.4, 0.5) is 11.4 Å². The van der Waals surface area contributed by atoms with Crippen LogP contribution in [0.3, 0.4) is 0 Å². The number of hydrogen-bond acceptors (Lipinski definition) is 11. The largest absolute Gasteiger partial charge is 0.460 e. The molecular formula is C25H35N5O10S2. The number of carbonyl (C=O) groups excluding carboxylic acids is 1. The van der Waals surface area contributed by atoms with E-state index >= 15 is 0 Å². The minimum atomic E-state index is -4.16. The second kappa shape index (κ2) is 15.1. The maximum atomic E-state index is 12.6. The van der Waals surface area contributed by atoms with Crippen LogP contribution in [0.5, 0.6) is 0 Å². The van der Waals surface area contributed by atoms with Gasteiger partial charge in [0.1, 0.15) is 5.60 Å². The van der Waals surface area contributed by atoms with Crippen LogP contribution in [0.25, 0.3) is 0 Å². The van der Waals surface area contributed by atoms with Gasteiger partial charge in [0.05, 0.1) is 16.3 Å². The summed E-state index contributed by atoms with van der Waals surface area (Å²) in [6.45, 7) is 5.93. The normalized spacial score (nSPS) is 12.3. The van der Waals surface area contributed by atoms with Crippen molar-refractivity contribution >= 4 is 37.4 Å². The molecule has 2 rings (SSSR count). The third-order valence-electron chi connectivity index (χ3n) is 5.64. The molecule has 17 heteroatoms. The second-order valence-corrected chi connectivity index (χ2v) is 13.6. The summed E-state index contributed by atoms with van der Waals surface area (Å²) in [5, 5.41) is 22.4. The third kappa shape index (κ3) is 11.1. The first-order valence-corrected chi connectivity index (χ1v) is 15.9. The molecule has 0 heterocycles. The van der Waals surface area contributed by atoms with Crippen LogP contribution in [-0.4, -0.2) is 75.9 Å². The number of hydrogen-bond donors (Lipinski definition) is 2. The number of para-hydroxylation sites is 2. The van der Waals surface area contributed by atoms with Crippen LogP contribution in [-0.2, 0) is 29.6 Å². The van der Waals surface area contributed by atoms with Crippen LogP contribution < -0.4 is 9.44 Å². The number of benzene rings is 2. The van der Waals surface area contributed by atoms with Crippen molar-refractivity contribution in [1.82, 2.24) is 14.3 Å². The van der Waals surface area contributed by atoms with Crippen molar-refractivity contribution in [1.29, 1.82) is 0 Å². The Kier molecular flexibility index (Phi) is 12.5. The molecule has 15 nitrogen and oxygen atoms in total. The smallest absolute Gasteiger partial charge is 0.307 e. The van der Waals surface area contributed by atoms with Gasteiger partial charge < -0.3 is 9.64 Å². The number of ether oxygens (including phenoxy) is 1. The maximum Gasteiger partial charge on any atom is 0.307 e. The Morgan fingerprint density at radius 1 is 0.786 bits per heavy atom. The van der Waals surface area contributed by atoms with E-state index in [2.05, 4.69) is 9.44 Å². The molecule has 0 aliphatic carbocycles. The average Bonchev–Trinajstić information content (AvgIpc) is 2.90. The molecule has 0 aliphatic heterocycles. The van der Waals surface area contributed by atoms with Crippen LogP contribution in [0, 0.1) is 20.2 Å². The van der Waals surface area contributed by atoms with E-state index in [1.54, 1.807) is 20.8 Å². The SMILES string of the molecule is CC(C)(C)OC(=O)CCN(CCCNS(=O)(=O)c1ccccc1[N+](=O)[O-])CCCNS(=O)(=O)c1ccccc1[N+](=O)[O-]. The van der Waals surface area contributed by atoms with Crippen LogP contribution in [0.1, 0.15) is 40.0 Å². The Labute approximate surface area is 244 Å². The first-order chi connectivity index (χ1) is 19.5. The summed E-state index contributed by atoms with van der Waals surface area (Å²) in [4.78, 5) is 34.0. The van der Waals surface area contributed by atoms with E-state index in [-0.39, 0.29) is 38.9 Å². The molecule has 42 heavy (non-hydrogen) atoms. The molecule has 0 aromatic heterocycles. The minimum Gasteiger partial charge on any atom is -0.460 e. The highest BCUT2D eigenvalue weighted by molar-refractivity contribution is 7.90. The summed E-state index contributed by atoms with van der Waals surface area (Å²) < 4.78 is 60.6. The summed E-state index contributed by atoms with van der Waals surface area (Å²) in [5.41, 5.74) is -1.78. The maximum absolute atomic E-state index is 12.6. The Hall–Kier alpha value is -3.51. The molecule has 0 bridgehead atoms. The zero-order valence-electron chi connectivity index (χ0n) is 23.5. The predicted molar refractivity (Wildman–Crippen MR) is 153 cm³/mol. The Bertz CT molecular complexity index is 1380. The number of sulfonamides is 2. The number of nitro groups is 2.